The van der Waals surface area contributed by atoms with Crippen LogP contribution in [0.2, 0.25) is 0 Å². The van der Waals surface area contributed by atoms with Crippen molar-refractivity contribution in [3.8, 4) is 6.07 Å². The van der Waals surface area contributed by atoms with Crippen LogP contribution in [0.3, 0.4) is 0 Å². The van der Waals surface area contributed by atoms with Gasteiger partial charge in [-0.25, -0.2) is 4.98 Å². The fourth-order valence-electron chi connectivity index (χ4n) is 1.70. The predicted molar refractivity (Wildman–Crippen MR) is 74.5 cm³/mol. The van der Waals surface area contributed by atoms with Crippen molar-refractivity contribution >= 4 is 22.8 Å². The minimum Gasteiger partial charge on any atom is -0.397 e. The van der Waals surface area contributed by atoms with Gasteiger partial charge in [-0.3, -0.25) is 0 Å². The Morgan fingerprint density at radius 2 is 2.44 bits per heavy atom. The van der Waals surface area contributed by atoms with E-state index in [0.29, 0.717) is 17.1 Å². The van der Waals surface area contributed by atoms with Gasteiger partial charge in [0, 0.05) is 17.3 Å². The molecule has 4 nitrogen and oxygen atoms in total. The molecule has 0 aliphatic rings. The Bertz CT molecular complexity index is 557. The van der Waals surface area contributed by atoms with Crippen molar-refractivity contribution < 1.29 is 0 Å². The molecule has 0 bridgehead atoms. The lowest BCUT2D eigenvalue weighted by molar-refractivity contribution is 0.794. The van der Waals surface area contributed by atoms with Gasteiger partial charge in [0.25, 0.3) is 0 Å². The van der Waals surface area contributed by atoms with Crippen LogP contribution >= 0.6 is 11.3 Å². The number of aromatic nitrogens is 1. The van der Waals surface area contributed by atoms with E-state index in [1.165, 1.54) is 4.88 Å². The minimum atomic E-state index is 0.215. The van der Waals surface area contributed by atoms with Crippen LogP contribution in [0.4, 0.5) is 11.5 Å². The Morgan fingerprint density at radius 3 is 3.11 bits per heavy atom. The Labute approximate surface area is 110 Å². The summed E-state index contributed by atoms with van der Waals surface area (Å²) in [5.41, 5.74) is 6.59. The van der Waals surface area contributed by atoms with Gasteiger partial charge in [0.05, 0.1) is 17.4 Å². The number of thiophene rings is 1. The Morgan fingerprint density at radius 1 is 1.61 bits per heavy atom. The van der Waals surface area contributed by atoms with Crippen molar-refractivity contribution in [2.75, 3.05) is 11.1 Å². The molecule has 0 spiro atoms. The topological polar surface area (TPSA) is 74.7 Å². The van der Waals surface area contributed by atoms with E-state index >= 15 is 0 Å². The Balaban J connectivity index is 2.07. The highest BCUT2D eigenvalue weighted by molar-refractivity contribution is 7.09. The Hall–Kier alpha value is -2.06. The number of rotatable bonds is 4. The predicted octanol–water partition coefficient (Wildman–Crippen LogP) is 2.64. The Kier molecular flexibility index (Phi) is 3.80. The number of hydrogen-bond donors (Lipinski definition) is 2. The van der Waals surface area contributed by atoms with Crippen LogP contribution in [0.15, 0.2) is 29.8 Å². The number of nitrogens with one attached hydrogen (secondary N) is 1. The quantitative estimate of drug-likeness (QED) is 0.884. The van der Waals surface area contributed by atoms with Crippen LogP contribution in [0.25, 0.3) is 0 Å². The molecular weight excluding hydrogens is 244 g/mol. The van der Waals surface area contributed by atoms with Crippen molar-refractivity contribution in [2.45, 2.75) is 19.4 Å². The first kappa shape index (κ1) is 12.4. The van der Waals surface area contributed by atoms with E-state index in [9.17, 15) is 0 Å². The average Bonchev–Trinajstić information content (AvgIpc) is 2.84. The fraction of sp³-hybridized carbons (Fsp3) is 0.231. The third-order valence-corrected chi connectivity index (χ3v) is 3.40. The van der Waals surface area contributed by atoms with Gasteiger partial charge in [-0.05, 0) is 24.4 Å². The summed E-state index contributed by atoms with van der Waals surface area (Å²) in [4.78, 5) is 5.47. The number of pyridine rings is 1. The van der Waals surface area contributed by atoms with Crippen LogP contribution in [0, 0.1) is 11.3 Å². The molecule has 1 atom stereocenters. The number of hydrogen-bond acceptors (Lipinski definition) is 5. The summed E-state index contributed by atoms with van der Waals surface area (Å²) in [5, 5.41) is 14.3. The van der Waals surface area contributed by atoms with Gasteiger partial charge >= 0.3 is 0 Å². The first-order chi connectivity index (χ1) is 8.69. The molecule has 5 heteroatoms. The van der Waals surface area contributed by atoms with E-state index in [4.69, 9.17) is 11.0 Å². The second-order valence-corrected chi connectivity index (χ2v) is 5.14. The molecule has 0 aromatic carbocycles. The third-order valence-electron chi connectivity index (χ3n) is 2.50. The lowest BCUT2D eigenvalue weighted by atomic mass is 10.2. The summed E-state index contributed by atoms with van der Waals surface area (Å²) >= 11 is 1.73. The van der Waals surface area contributed by atoms with Crippen molar-refractivity contribution in [1.29, 1.82) is 5.26 Å². The van der Waals surface area contributed by atoms with Crippen molar-refractivity contribution in [1.82, 2.24) is 4.98 Å². The highest BCUT2D eigenvalue weighted by Gasteiger charge is 2.09. The van der Waals surface area contributed by atoms with Gasteiger partial charge < -0.3 is 11.1 Å². The van der Waals surface area contributed by atoms with Gasteiger partial charge in [-0.15, -0.1) is 11.3 Å². The SMILES string of the molecule is CC(Cc1cccs1)Nc1ncc(N)cc1C#N. The molecule has 2 rings (SSSR count). The zero-order chi connectivity index (χ0) is 13.0. The van der Waals surface area contributed by atoms with Crippen LogP contribution in [0.5, 0.6) is 0 Å². The molecule has 92 valence electrons. The largest absolute Gasteiger partial charge is 0.397 e. The number of nitrogens with zero attached hydrogens (tertiary/aromatic N) is 2. The second-order valence-electron chi connectivity index (χ2n) is 4.11. The maximum atomic E-state index is 9.03. The molecule has 0 aliphatic heterocycles. The van der Waals surface area contributed by atoms with Gasteiger partial charge in [0.15, 0.2) is 0 Å². The summed E-state index contributed by atoms with van der Waals surface area (Å²) in [6.45, 7) is 2.07. The molecule has 0 amide bonds. The number of nitrogens with two attached hydrogens (primary N) is 1. The minimum absolute atomic E-state index is 0.215. The van der Waals surface area contributed by atoms with Crippen molar-refractivity contribution in [2.24, 2.45) is 0 Å². The molecule has 2 aromatic rings. The van der Waals surface area contributed by atoms with Crippen LogP contribution in [-0.2, 0) is 6.42 Å². The summed E-state index contributed by atoms with van der Waals surface area (Å²) in [7, 11) is 0. The average molecular weight is 258 g/mol. The fourth-order valence-corrected chi connectivity index (χ4v) is 2.53. The summed E-state index contributed by atoms with van der Waals surface area (Å²) in [5.74, 6) is 0.593. The van der Waals surface area contributed by atoms with Gasteiger partial charge in [0.1, 0.15) is 11.9 Å². The molecule has 2 aromatic heterocycles. The summed E-state index contributed by atoms with van der Waals surface area (Å²) in [6, 6.07) is 8.08. The molecule has 0 saturated carbocycles. The van der Waals surface area contributed by atoms with Crippen molar-refractivity contribution in [3.63, 3.8) is 0 Å². The van der Waals surface area contributed by atoms with E-state index in [2.05, 4.69) is 34.7 Å². The highest BCUT2D eigenvalue weighted by atomic mass is 32.1. The second kappa shape index (κ2) is 5.52. The molecule has 2 heterocycles. The molecule has 0 radical (unpaired) electrons. The van der Waals surface area contributed by atoms with E-state index in [0.717, 1.165) is 6.42 Å². The summed E-state index contributed by atoms with van der Waals surface area (Å²) < 4.78 is 0. The first-order valence-corrected chi connectivity index (χ1v) is 6.51. The van der Waals surface area contributed by atoms with Gasteiger partial charge in [0.2, 0.25) is 0 Å². The molecule has 3 N–H and O–H groups in total. The number of anilines is 2. The van der Waals surface area contributed by atoms with Crippen molar-refractivity contribution in [3.05, 3.63) is 40.2 Å². The summed E-state index contributed by atoms with van der Waals surface area (Å²) in [6.07, 6.45) is 2.47. The number of nitrogen functional groups attached to an aromatic ring is 1. The normalized spacial score (nSPS) is 11.8. The van der Waals surface area contributed by atoms with E-state index < -0.39 is 0 Å². The van der Waals surface area contributed by atoms with Crippen LogP contribution < -0.4 is 11.1 Å². The van der Waals surface area contributed by atoms with Crippen LogP contribution in [-0.4, -0.2) is 11.0 Å². The van der Waals surface area contributed by atoms with E-state index in [-0.39, 0.29) is 6.04 Å². The first-order valence-electron chi connectivity index (χ1n) is 5.63. The monoisotopic (exact) mass is 258 g/mol. The zero-order valence-electron chi connectivity index (χ0n) is 10.1. The van der Waals surface area contributed by atoms with E-state index in [1.807, 2.05) is 6.07 Å². The lowest BCUT2D eigenvalue weighted by Gasteiger charge is -2.14. The third kappa shape index (κ3) is 2.99. The molecule has 0 saturated heterocycles. The number of nitriles is 1. The molecule has 0 fully saturated rings. The van der Waals surface area contributed by atoms with E-state index in [1.54, 1.807) is 23.6 Å². The molecule has 1 unspecified atom stereocenters. The maximum absolute atomic E-state index is 9.03. The molecule has 18 heavy (non-hydrogen) atoms. The van der Waals surface area contributed by atoms with Gasteiger partial charge in [-0.1, -0.05) is 6.07 Å². The highest BCUT2D eigenvalue weighted by Crippen LogP contribution is 2.17. The zero-order valence-corrected chi connectivity index (χ0v) is 10.9. The smallest absolute Gasteiger partial charge is 0.144 e. The standard InChI is InChI=1S/C13H14N4S/c1-9(5-12-3-2-4-18-12)17-13-10(7-14)6-11(15)8-16-13/h2-4,6,8-9H,5,15H2,1H3,(H,16,17). The van der Waals surface area contributed by atoms with Gasteiger partial charge in [-0.2, -0.15) is 5.26 Å². The maximum Gasteiger partial charge on any atom is 0.144 e. The molecular formula is C13H14N4S. The molecule has 0 aliphatic carbocycles. The van der Waals surface area contributed by atoms with Crippen LogP contribution in [0.1, 0.15) is 17.4 Å². The lowest BCUT2D eigenvalue weighted by Crippen LogP contribution is -2.19.